The molecule has 8 heteroatoms. The van der Waals surface area contributed by atoms with E-state index in [9.17, 15) is 30.3 Å². The maximum Gasteiger partial charge on any atom is 0.174 e. The number of benzene rings is 4. The first-order valence-corrected chi connectivity index (χ1v) is 12.8. The highest BCUT2D eigenvalue weighted by Crippen LogP contribution is 2.48. The molecule has 0 radical (unpaired) electrons. The Bertz CT molecular complexity index is 1590. The van der Waals surface area contributed by atoms with E-state index < -0.39 is 6.10 Å². The van der Waals surface area contributed by atoms with Gasteiger partial charge in [0.15, 0.2) is 5.78 Å². The molecule has 0 saturated heterocycles. The Balaban J connectivity index is 1.60. The van der Waals surface area contributed by atoms with Gasteiger partial charge in [-0.2, -0.15) is 0 Å². The standard InChI is InChI=1S/C31H27ClO7/c1-16-10-27(36)28-30(38)22(14-18-4-2-3-5-24(18)33)29(37)23(31(28)39-16)15-20-12-17(6-8-25(20)34)11-19-13-21(32)7-9-26(19)35/h2-9,12-13,16,33-35,37-38H,10-11,14-15H2,1H3. The normalized spacial score (nSPS) is 14.6. The van der Waals surface area contributed by atoms with Crippen molar-refractivity contribution in [2.75, 3.05) is 0 Å². The van der Waals surface area contributed by atoms with Crippen LogP contribution in [0.1, 0.15) is 57.1 Å². The molecule has 200 valence electrons. The Morgan fingerprint density at radius 2 is 1.41 bits per heavy atom. The molecule has 0 bridgehead atoms. The number of para-hydroxylation sites is 1. The van der Waals surface area contributed by atoms with Crippen LogP contribution in [-0.2, 0) is 19.3 Å². The van der Waals surface area contributed by atoms with Gasteiger partial charge in [0, 0.05) is 41.8 Å². The summed E-state index contributed by atoms with van der Waals surface area (Å²) in [5, 5.41) is 54.2. The van der Waals surface area contributed by atoms with Crippen LogP contribution < -0.4 is 4.74 Å². The highest BCUT2D eigenvalue weighted by Gasteiger charge is 2.34. The minimum Gasteiger partial charge on any atom is -0.508 e. The van der Waals surface area contributed by atoms with E-state index in [-0.39, 0.29) is 76.2 Å². The van der Waals surface area contributed by atoms with E-state index in [4.69, 9.17) is 16.3 Å². The predicted octanol–water partition coefficient (Wildman–Crippen LogP) is 5.99. The van der Waals surface area contributed by atoms with Crippen molar-refractivity contribution >= 4 is 17.4 Å². The molecule has 39 heavy (non-hydrogen) atoms. The van der Waals surface area contributed by atoms with Crippen LogP contribution >= 0.6 is 11.6 Å². The fourth-order valence-corrected chi connectivity index (χ4v) is 5.18. The summed E-state index contributed by atoms with van der Waals surface area (Å²) >= 11 is 6.09. The highest BCUT2D eigenvalue weighted by atomic mass is 35.5. The van der Waals surface area contributed by atoms with Gasteiger partial charge < -0.3 is 30.3 Å². The molecule has 1 heterocycles. The quantitative estimate of drug-likeness (QED) is 0.201. The number of phenolic OH excluding ortho intramolecular Hbond substituents is 5. The molecular formula is C31H27ClO7. The second kappa shape index (κ2) is 10.4. The van der Waals surface area contributed by atoms with Gasteiger partial charge in [0.2, 0.25) is 0 Å². The van der Waals surface area contributed by atoms with Crippen LogP contribution in [0.2, 0.25) is 5.02 Å². The fraction of sp³-hybridized carbons (Fsp3) is 0.194. The van der Waals surface area contributed by atoms with Crippen molar-refractivity contribution in [2.45, 2.75) is 38.7 Å². The van der Waals surface area contributed by atoms with Crippen LogP contribution in [0.15, 0.2) is 60.7 Å². The van der Waals surface area contributed by atoms with Gasteiger partial charge in [-0.15, -0.1) is 0 Å². The van der Waals surface area contributed by atoms with Gasteiger partial charge in [0.05, 0.1) is 0 Å². The fourth-order valence-electron chi connectivity index (χ4n) is 4.98. The second-order valence-corrected chi connectivity index (χ2v) is 10.2. The molecule has 4 aromatic carbocycles. The van der Waals surface area contributed by atoms with Crippen molar-refractivity contribution in [3.05, 3.63) is 105 Å². The van der Waals surface area contributed by atoms with Crippen molar-refractivity contribution in [1.29, 1.82) is 0 Å². The Hall–Kier alpha value is -4.36. The Morgan fingerprint density at radius 3 is 2.15 bits per heavy atom. The first-order valence-electron chi connectivity index (χ1n) is 12.5. The summed E-state index contributed by atoms with van der Waals surface area (Å²) in [4.78, 5) is 13.0. The molecule has 0 aliphatic carbocycles. The number of hydrogen-bond acceptors (Lipinski definition) is 7. The van der Waals surface area contributed by atoms with Gasteiger partial charge in [-0.05, 0) is 59.5 Å². The molecule has 7 nitrogen and oxygen atoms in total. The summed E-state index contributed by atoms with van der Waals surface area (Å²) < 4.78 is 5.97. The summed E-state index contributed by atoms with van der Waals surface area (Å²) in [6.45, 7) is 1.73. The second-order valence-electron chi connectivity index (χ2n) is 9.81. The van der Waals surface area contributed by atoms with Crippen molar-refractivity contribution in [3.8, 4) is 34.5 Å². The molecule has 0 fully saturated rings. The Kier molecular flexibility index (Phi) is 7.02. The molecule has 0 amide bonds. The van der Waals surface area contributed by atoms with E-state index in [0.717, 1.165) is 5.56 Å². The van der Waals surface area contributed by atoms with E-state index in [2.05, 4.69) is 0 Å². The number of ketones is 1. The smallest absolute Gasteiger partial charge is 0.174 e. The first kappa shape index (κ1) is 26.3. The van der Waals surface area contributed by atoms with Gasteiger partial charge in [0.1, 0.15) is 46.2 Å². The van der Waals surface area contributed by atoms with E-state index in [1.807, 2.05) is 0 Å². The van der Waals surface area contributed by atoms with E-state index in [1.54, 1.807) is 49.4 Å². The number of Topliss-reactive ketones (excluding diaryl/α,β-unsaturated/α-hetero) is 1. The maximum atomic E-state index is 13.0. The third kappa shape index (κ3) is 5.18. The zero-order valence-corrected chi connectivity index (χ0v) is 21.9. The largest absolute Gasteiger partial charge is 0.508 e. The van der Waals surface area contributed by atoms with Gasteiger partial charge in [-0.3, -0.25) is 4.79 Å². The molecule has 1 aliphatic rings. The lowest BCUT2D eigenvalue weighted by Gasteiger charge is -2.28. The molecule has 0 aromatic heterocycles. The van der Waals surface area contributed by atoms with Crippen molar-refractivity contribution < 1.29 is 35.1 Å². The Morgan fingerprint density at radius 1 is 0.769 bits per heavy atom. The highest BCUT2D eigenvalue weighted by molar-refractivity contribution is 6.30. The average Bonchev–Trinajstić information content (AvgIpc) is 2.89. The van der Waals surface area contributed by atoms with Crippen molar-refractivity contribution in [2.24, 2.45) is 0 Å². The number of hydrogen-bond donors (Lipinski definition) is 5. The SMILES string of the molecule is CC1CC(=O)c2c(O)c(Cc3ccccc3O)c(O)c(Cc3cc(Cc4cc(Cl)ccc4O)ccc3O)c2O1. The van der Waals surface area contributed by atoms with Crippen molar-refractivity contribution in [3.63, 3.8) is 0 Å². The lowest BCUT2D eigenvalue weighted by Crippen LogP contribution is -2.25. The van der Waals surface area contributed by atoms with Crippen LogP contribution in [-0.4, -0.2) is 37.4 Å². The summed E-state index contributed by atoms with van der Waals surface area (Å²) in [5.74, 6) is -0.875. The Labute approximate surface area is 230 Å². The molecule has 1 aliphatic heterocycles. The molecule has 5 N–H and O–H groups in total. The molecule has 4 aromatic rings. The zero-order valence-electron chi connectivity index (χ0n) is 21.1. The van der Waals surface area contributed by atoms with Gasteiger partial charge in [-0.25, -0.2) is 0 Å². The summed E-state index contributed by atoms with van der Waals surface area (Å²) in [6.07, 6.45) is -0.122. The van der Waals surface area contributed by atoms with Crippen LogP contribution in [0.3, 0.4) is 0 Å². The average molecular weight is 547 g/mol. The maximum absolute atomic E-state index is 13.0. The number of rotatable bonds is 6. The monoisotopic (exact) mass is 546 g/mol. The van der Waals surface area contributed by atoms with Gasteiger partial charge in [0.25, 0.3) is 0 Å². The number of fused-ring (bicyclic) bond motifs is 1. The molecule has 1 atom stereocenters. The predicted molar refractivity (Wildman–Crippen MR) is 147 cm³/mol. The molecule has 0 spiro atoms. The van der Waals surface area contributed by atoms with Gasteiger partial charge in [-0.1, -0.05) is 41.9 Å². The van der Waals surface area contributed by atoms with Crippen molar-refractivity contribution in [1.82, 2.24) is 0 Å². The number of phenols is 5. The number of carbonyl (C=O) groups is 1. The lowest BCUT2D eigenvalue weighted by molar-refractivity contribution is 0.0863. The van der Waals surface area contributed by atoms with Crippen LogP contribution in [0, 0.1) is 0 Å². The third-order valence-corrected chi connectivity index (χ3v) is 7.21. The molecule has 5 rings (SSSR count). The summed E-state index contributed by atoms with van der Waals surface area (Å²) in [6, 6.07) is 16.3. The lowest BCUT2D eigenvalue weighted by atomic mass is 9.88. The van der Waals surface area contributed by atoms with E-state index in [0.29, 0.717) is 28.1 Å². The number of aromatic hydroxyl groups is 5. The van der Waals surface area contributed by atoms with Crippen LogP contribution in [0.5, 0.6) is 34.5 Å². The van der Waals surface area contributed by atoms with E-state index >= 15 is 0 Å². The number of ether oxygens (including phenoxy) is 1. The molecular weight excluding hydrogens is 520 g/mol. The van der Waals surface area contributed by atoms with Crippen LogP contribution in [0.4, 0.5) is 0 Å². The molecule has 1 unspecified atom stereocenters. The molecule has 0 saturated carbocycles. The first-order chi connectivity index (χ1) is 18.6. The minimum absolute atomic E-state index is 0.0105. The van der Waals surface area contributed by atoms with E-state index in [1.165, 1.54) is 18.2 Å². The van der Waals surface area contributed by atoms with Crippen LogP contribution in [0.25, 0.3) is 0 Å². The number of carbonyl (C=O) groups excluding carboxylic acids is 1. The topological polar surface area (TPSA) is 127 Å². The number of halogens is 1. The zero-order chi connectivity index (χ0) is 27.8. The summed E-state index contributed by atoms with van der Waals surface area (Å²) in [5.41, 5.74) is 2.58. The van der Waals surface area contributed by atoms with Gasteiger partial charge >= 0.3 is 0 Å². The minimum atomic E-state index is -0.475. The third-order valence-electron chi connectivity index (χ3n) is 6.97. The summed E-state index contributed by atoms with van der Waals surface area (Å²) in [7, 11) is 0.